The van der Waals surface area contributed by atoms with Crippen LogP contribution in [0.25, 0.3) is 22.0 Å². The SMILES string of the molecule is CC1(C)Cc2c(sc3nc(SCC=Cc4ccccc4)n(-c4ccccc4)c(=O)c23)CO1. The highest BCUT2D eigenvalue weighted by Gasteiger charge is 2.31. The molecule has 2 aromatic carbocycles. The van der Waals surface area contributed by atoms with Crippen molar-refractivity contribution in [1.82, 2.24) is 9.55 Å². The molecule has 1 aliphatic rings. The molecule has 0 saturated heterocycles. The van der Waals surface area contributed by atoms with Crippen molar-refractivity contribution in [3.8, 4) is 5.69 Å². The molecule has 0 fully saturated rings. The molecule has 0 unspecified atom stereocenters. The van der Waals surface area contributed by atoms with Crippen molar-refractivity contribution in [1.29, 1.82) is 0 Å². The first-order valence-electron chi connectivity index (χ1n) is 10.6. The maximum Gasteiger partial charge on any atom is 0.267 e. The van der Waals surface area contributed by atoms with Crippen LogP contribution in [0, 0.1) is 0 Å². The van der Waals surface area contributed by atoms with Gasteiger partial charge in [0.1, 0.15) is 4.83 Å². The lowest BCUT2D eigenvalue weighted by Gasteiger charge is -2.29. The Balaban J connectivity index is 1.57. The first kappa shape index (κ1) is 21.2. The summed E-state index contributed by atoms with van der Waals surface area (Å²) in [5, 5.41) is 1.46. The van der Waals surface area contributed by atoms with Crippen LogP contribution < -0.4 is 5.56 Å². The number of aromatic nitrogens is 2. The van der Waals surface area contributed by atoms with E-state index in [0.717, 1.165) is 44.1 Å². The number of benzene rings is 2. The lowest BCUT2D eigenvalue weighted by Crippen LogP contribution is -2.32. The van der Waals surface area contributed by atoms with E-state index >= 15 is 0 Å². The van der Waals surface area contributed by atoms with Gasteiger partial charge < -0.3 is 4.74 Å². The van der Waals surface area contributed by atoms with Gasteiger partial charge in [-0.3, -0.25) is 9.36 Å². The van der Waals surface area contributed by atoms with Crippen LogP contribution >= 0.6 is 23.1 Å². The van der Waals surface area contributed by atoms with Gasteiger partial charge in [-0.1, -0.05) is 72.4 Å². The molecule has 1 aliphatic heterocycles. The molecule has 0 spiro atoms. The number of hydrogen-bond acceptors (Lipinski definition) is 5. The Morgan fingerprint density at radius 3 is 2.59 bits per heavy atom. The third kappa shape index (κ3) is 4.18. The summed E-state index contributed by atoms with van der Waals surface area (Å²) in [6.45, 7) is 4.69. The van der Waals surface area contributed by atoms with E-state index in [2.05, 4.69) is 38.1 Å². The maximum atomic E-state index is 13.8. The fourth-order valence-corrected chi connectivity index (χ4v) is 5.91. The van der Waals surface area contributed by atoms with Crippen LogP contribution in [0.5, 0.6) is 0 Å². The van der Waals surface area contributed by atoms with E-state index in [-0.39, 0.29) is 11.2 Å². The lowest BCUT2D eigenvalue weighted by atomic mass is 9.94. The highest BCUT2D eigenvalue weighted by molar-refractivity contribution is 7.99. The van der Waals surface area contributed by atoms with Gasteiger partial charge in [0, 0.05) is 17.1 Å². The van der Waals surface area contributed by atoms with Gasteiger partial charge in [0.2, 0.25) is 0 Å². The summed E-state index contributed by atoms with van der Waals surface area (Å²) in [4.78, 5) is 20.7. The molecule has 162 valence electrons. The van der Waals surface area contributed by atoms with E-state index in [0.29, 0.717) is 11.8 Å². The minimum Gasteiger partial charge on any atom is -0.370 e. The topological polar surface area (TPSA) is 44.1 Å². The van der Waals surface area contributed by atoms with E-state index in [1.807, 2.05) is 48.5 Å². The lowest BCUT2D eigenvalue weighted by molar-refractivity contribution is -0.0379. The fourth-order valence-electron chi connectivity index (χ4n) is 3.95. The molecule has 3 heterocycles. The van der Waals surface area contributed by atoms with Gasteiger partial charge in [-0.25, -0.2) is 4.98 Å². The number of fused-ring (bicyclic) bond motifs is 3. The zero-order valence-electron chi connectivity index (χ0n) is 18.1. The molecule has 32 heavy (non-hydrogen) atoms. The summed E-state index contributed by atoms with van der Waals surface area (Å²) in [7, 11) is 0. The zero-order chi connectivity index (χ0) is 22.1. The van der Waals surface area contributed by atoms with Crippen molar-refractivity contribution in [2.24, 2.45) is 0 Å². The maximum absolute atomic E-state index is 13.8. The molecule has 0 aliphatic carbocycles. The Hall–Kier alpha value is -2.67. The average molecular weight is 461 g/mol. The second-order valence-corrected chi connectivity index (χ2v) is 10.5. The number of thioether (sulfide) groups is 1. The van der Waals surface area contributed by atoms with Gasteiger partial charge >= 0.3 is 0 Å². The van der Waals surface area contributed by atoms with Crippen LogP contribution in [0.3, 0.4) is 0 Å². The first-order chi connectivity index (χ1) is 15.5. The van der Waals surface area contributed by atoms with Gasteiger partial charge in [0.25, 0.3) is 5.56 Å². The highest BCUT2D eigenvalue weighted by Crippen LogP contribution is 2.37. The molecule has 4 nitrogen and oxygen atoms in total. The van der Waals surface area contributed by atoms with Crippen LogP contribution in [0.2, 0.25) is 0 Å². The predicted octanol–water partition coefficient (Wildman–Crippen LogP) is 6.10. The Kier molecular flexibility index (Phi) is 5.76. The Morgan fingerprint density at radius 1 is 1.12 bits per heavy atom. The molecular weight excluding hydrogens is 436 g/mol. The van der Waals surface area contributed by atoms with Gasteiger partial charge in [0.05, 0.1) is 23.3 Å². The van der Waals surface area contributed by atoms with Crippen molar-refractivity contribution >= 4 is 39.4 Å². The van der Waals surface area contributed by atoms with Gasteiger partial charge in [0.15, 0.2) is 5.16 Å². The number of thiophene rings is 1. The molecule has 0 atom stereocenters. The Morgan fingerprint density at radius 2 is 1.84 bits per heavy atom. The van der Waals surface area contributed by atoms with Crippen molar-refractivity contribution in [2.45, 2.75) is 37.6 Å². The summed E-state index contributed by atoms with van der Waals surface area (Å²) >= 11 is 3.16. The van der Waals surface area contributed by atoms with E-state index in [9.17, 15) is 4.79 Å². The van der Waals surface area contributed by atoms with Crippen LogP contribution in [0.15, 0.2) is 76.7 Å². The standard InChI is InChI=1S/C26H24N2O2S2/c1-26(2)16-20-21(17-30-26)32-23-22(20)24(29)28(19-13-7-4-8-14-19)25(27-23)31-15-9-12-18-10-5-3-6-11-18/h3-14H,15-17H2,1-2H3. The van der Waals surface area contributed by atoms with Crippen molar-refractivity contribution in [3.05, 3.63) is 93.1 Å². The van der Waals surface area contributed by atoms with Crippen LogP contribution in [0.1, 0.15) is 29.9 Å². The molecule has 0 N–H and O–H groups in total. The molecule has 0 amide bonds. The molecule has 0 bridgehead atoms. The molecule has 0 saturated carbocycles. The summed E-state index contributed by atoms with van der Waals surface area (Å²) in [5.74, 6) is 0.723. The molecule has 6 heteroatoms. The second-order valence-electron chi connectivity index (χ2n) is 8.40. The largest absolute Gasteiger partial charge is 0.370 e. The summed E-state index contributed by atoms with van der Waals surface area (Å²) in [6, 6.07) is 20.0. The van der Waals surface area contributed by atoms with Gasteiger partial charge in [-0.2, -0.15) is 0 Å². The highest BCUT2D eigenvalue weighted by atomic mass is 32.2. The number of para-hydroxylation sites is 1. The summed E-state index contributed by atoms with van der Waals surface area (Å²) in [5.41, 5.74) is 2.83. The van der Waals surface area contributed by atoms with Gasteiger partial charge in [-0.05, 0) is 37.1 Å². The Bertz CT molecular complexity index is 1340. The summed E-state index contributed by atoms with van der Waals surface area (Å²) in [6.07, 6.45) is 4.93. The molecule has 0 radical (unpaired) electrons. The number of ether oxygens (including phenoxy) is 1. The number of rotatable bonds is 5. The first-order valence-corrected chi connectivity index (χ1v) is 12.4. The average Bonchev–Trinajstić information content (AvgIpc) is 3.15. The van der Waals surface area contributed by atoms with E-state index in [1.54, 1.807) is 27.7 Å². The third-order valence-electron chi connectivity index (χ3n) is 5.51. The minimum absolute atomic E-state index is 0.00550. The number of nitrogens with zero attached hydrogens (tertiary/aromatic N) is 2. The third-order valence-corrected chi connectivity index (χ3v) is 7.50. The predicted molar refractivity (Wildman–Crippen MR) is 134 cm³/mol. The van der Waals surface area contributed by atoms with Crippen molar-refractivity contribution < 1.29 is 4.74 Å². The molecule has 5 rings (SSSR count). The van der Waals surface area contributed by atoms with Crippen molar-refractivity contribution in [2.75, 3.05) is 5.75 Å². The van der Waals surface area contributed by atoms with Crippen LogP contribution in [-0.2, 0) is 17.8 Å². The Labute approximate surface area is 195 Å². The monoisotopic (exact) mass is 460 g/mol. The van der Waals surface area contributed by atoms with Crippen LogP contribution in [0.4, 0.5) is 0 Å². The van der Waals surface area contributed by atoms with Crippen molar-refractivity contribution in [3.63, 3.8) is 0 Å². The fraction of sp³-hybridized carbons (Fsp3) is 0.231. The van der Waals surface area contributed by atoms with E-state index < -0.39 is 0 Å². The smallest absolute Gasteiger partial charge is 0.267 e. The van der Waals surface area contributed by atoms with E-state index in [1.165, 1.54) is 0 Å². The van der Waals surface area contributed by atoms with Crippen LogP contribution in [-0.4, -0.2) is 20.9 Å². The van der Waals surface area contributed by atoms with E-state index in [4.69, 9.17) is 9.72 Å². The normalized spacial score (nSPS) is 15.3. The van der Waals surface area contributed by atoms with Gasteiger partial charge in [-0.15, -0.1) is 11.3 Å². The molecule has 4 aromatic rings. The minimum atomic E-state index is -0.277. The summed E-state index contributed by atoms with van der Waals surface area (Å²) < 4.78 is 7.75. The quantitative estimate of drug-likeness (QED) is 0.266. The second kappa shape index (κ2) is 8.70. The molecule has 2 aromatic heterocycles. The molecular formula is C26H24N2O2S2. The number of hydrogen-bond donors (Lipinski definition) is 0. The zero-order valence-corrected chi connectivity index (χ0v) is 19.7.